The van der Waals surface area contributed by atoms with Crippen LogP contribution < -0.4 is 9.79 Å². The Labute approximate surface area is 214 Å². The number of rotatable bonds is 22. The number of unbranched alkanes of at least 4 members (excludes halogenated alkanes) is 14. The van der Waals surface area contributed by atoms with Gasteiger partial charge in [0.25, 0.3) is 0 Å². The zero-order chi connectivity index (χ0) is 21.8. The molecular weight excluding hydrogens is 454 g/mol. The summed E-state index contributed by atoms with van der Waals surface area (Å²) in [4.78, 5) is 21.8. The van der Waals surface area contributed by atoms with Crippen molar-refractivity contribution in [3.05, 3.63) is 0 Å². The third-order valence-corrected chi connectivity index (χ3v) is 7.29. The third-order valence-electron chi connectivity index (χ3n) is 4.69. The van der Waals surface area contributed by atoms with E-state index >= 15 is 0 Å². The second-order valence-electron chi connectivity index (χ2n) is 7.59. The van der Waals surface area contributed by atoms with E-state index in [4.69, 9.17) is 9.05 Å². The van der Waals surface area contributed by atoms with Gasteiger partial charge in [0.05, 0.1) is 21.0 Å². The first kappa shape index (κ1) is 33.7. The van der Waals surface area contributed by atoms with Gasteiger partial charge in [-0.25, -0.2) is 4.57 Å². The van der Waals surface area contributed by atoms with Crippen molar-refractivity contribution < 1.29 is 32.3 Å². The van der Waals surface area contributed by atoms with E-state index in [0.29, 0.717) is 12.8 Å². The summed E-state index contributed by atoms with van der Waals surface area (Å²) in [6.45, 7) is 4.45. The minimum absolute atomic E-state index is 0. The van der Waals surface area contributed by atoms with E-state index in [2.05, 4.69) is 18.2 Å². The van der Waals surface area contributed by atoms with Crippen LogP contribution in [0.5, 0.6) is 0 Å². The standard InChI is InChI=1S/C20H44O7P2.Ca/c1-3-5-7-9-11-13-15-17-19-25-29(24,27-28(21,22)23)26-20-18-16-14-12-10-8-6-4-2;/h3-20H2,1-2H3,(H2,21,22,23);/q;+2/p-2. The van der Waals surface area contributed by atoms with Crippen molar-refractivity contribution in [2.75, 3.05) is 13.2 Å². The SMILES string of the molecule is CCCCCCCCCCOP(=O)(OCCCCCCCCCC)OP(=O)([O-])[O-].[Ca+2]. The van der Waals surface area contributed by atoms with E-state index in [1.54, 1.807) is 0 Å². The molecule has 0 aliphatic rings. The largest absolute Gasteiger partial charge is 2.00 e. The van der Waals surface area contributed by atoms with Gasteiger partial charge in [-0.05, 0) is 12.8 Å². The fourth-order valence-electron chi connectivity index (χ4n) is 3.03. The molecule has 176 valence electrons. The van der Waals surface area contributed by atoms with Gasteiger partial charge in [-0.15, -0.1) is 0 Å². The second kappa shape index (κ2) is 22.3. The molecule has 0 saturated carbocycles. The maximum absolute atomic E-state index is 12.4. The van der Waals surface area contributed by atoms with Crippen molar-refractivity contribution in [2.45, 2.75) is 117 Å². The molecule has 0 radical (unpaired) electrons. The maximum Gasteiger partial charge on any atom is 2.00 e. The quantitative estimate of drug-likeness (QED) is 0.105. The molecule has 0 N–H and O–H groups in total. The Morgan fingerprint density at radius 3 is 1.17 bits per heavy atom. The topological polar surface area (TPSA) is 108 Å². The van der Waals surface area contributed by atoms with Crippen molar-refractivity contribution in [3.8, 4) is 0 Å². The first-order valence-electron chi connectivity index (χ1n) is 11.5. The second-order valence-corrected chi connectivity index (χ2v) is 10.6. The van der Waals surface area contributed by atoms with Crippen LogP contribution in [-0.2, 0) is 22.5 Å². The van der Waals surface area contributed by atoms with Crippen LogP contribution in [0.4, 0.5) is 0 Å². The Hall–Kier alpha value is 1.52. The predicted octanol–water partition coefficient (Wildman–Crippen LogP) is 5.87. The van der Waals surface area contributed by atoms with Gasteiger partial charge in [-0.3, -0.25) is 13.4 Å². The van der Waals surface area contributed by atoms with Crippen molar-refractivity contribution in [2.24, 2.45) is 0 Å². The van der Waals surface area contributed by atoms with Gasteiger partial charge in [0.15, 0.2) is 0 Å². The molecule has 0 aromatic rings. The summed E-state index contributed by atoms with van der Waals surface area (Å²) in [6, 6.07) is 0. The molecule has 0 aromatic carbocycles. The fourth-order valence-corrected chi connectivity index (χ4v) is 5.17. The molecule has 0 heterocycles. The van der Waals surface area contributed by atoms with Crippen LogP contribution in [0.25, 0.3) is 0 Å². The fraction of sp³-hybridized carbons (Fsp3) is 1.00. The van der Waals surface area contributed by atoms with E-state index in [1.807, 2.05) is 0 Å². The molecule has 0 bridgehead atoms. The van der Waals surface area contributed by atoms with Gasteiger partial charge >= 0.3 is 45.6 Å². The van der Waals surface area contributed by atoms with Gasteiger partial charge in [0, 0.05) is 0 Å². The number of phosphoric ester groups is 1. The van der Waals surface area contributed by atoms with Gasteiger partial charge in [-0.2, -0.15) is 0 Å². The molecule has 0 saturated heterocycles. The minimum Gasteiger partial charge on any atom is -0.789 e. The van der Waals surface area contributed by atoms with Crippen molar-refractivity contribution in [1.82, 2.24) is 0 Å². The molecule has 0 aliphatic heterocycles. The predicted molar refractivity (Wildman–Crippen MR) is 119 cm³/mol. The minimum atomic E-state index is -5.45. The van der Waals surface area contributed by atoms with Gasteiger partial charge in [0.2, 0.25) is 0 Å². The Balaban J connectivity index is 0. The molecule has 0 unspecified atom stereocenters. The zero-order valence-electron chi connectivity index (χ0n) is 19.2. The summed E-state index contributed by atoms with van der Waals surface area (Å²) in [5, 5.41) is 0. The normalized spacial score (nSPS) is 12.1. The van der Waals surface area contributed by atoms with Crippen molar-refractivity contribution in [1.29, 1.82) is 0 Å². The summed E-state index contributed by atoms with van der Waals surface area (Å²) in [5.74, 6) is 0. The van der Waals surface area contributed by atoms with Gasteiger partial charge in [-0.1, -0.05) is 104 Å². The van der Waals surface area contributed by atoms with Crippen LogP contribution in [-0.4, -0.2) is 51.0 Å². The van der Waals surface area contributed by atoms with Crippen molar-refractivity contribution >= 4 is 53.4 Å². The molecule has 0 atom stereocenters. The zero-order valence-corrected chi connectivity index (χ0v) is 23.2. The van der Waals surface area contributed by atoms with Crippen LogP contribution in [0.1, 0.15) is 117 Å². The molecule has 0 amide bonds. The summed E-state index contributed by atoms with van der Waals surface area (Å²) >= 11 is 0. The van der Waals surface area contributed by atoms with E-state index in [1.165, 1.54) is 51.4 Å². The Kier molecular flexibility index (Phi) is 25.1. The van der Waals surface area contributed by atoms with Crippen molar-refractivity contribution in [3.63, 3.8) is 0 Å². The average Bonchev–Trinajstić information content (AvgIpc) is 2.64. The van der Waals surface area contributed by atoms with Crippen LogP contribution >= 0.6 is 15.6 Å². The van der Waals surface area contributed by atoms with Crippen LogP contribution in [0.2, 0.25) is 0 Å². The van der Waals surface area contributed by atoms with E-state index < -0.39 is 15.6 Å². The maximum atomic E-state index is 12.4. The Morgan fingerprint density at radius 1 is 0.567 bits per heavy atom. The molecule has 30 heavy (non-hydrogen) atoms. The van der Waals surface area contributed by atoms with Crippen LogP contribution in [0.3, 0.4) is 0 Å². The smallest absolute Gasteiger partial charge is 0.789 e. The first-order chi connectivity index (χ1) is 13.8. The number of hydrogen-bond acceptors (Lipinski definition) is 7. The summed E-state index contributed by atoms with van der Waals surface area (Å²) in [6.07, 6.45) is 17.2. The average molecular weight is 497 g/mol. The monoisotopic (exact) mass is 496 g/mol. The molecular formula is C20H42CaO7P2. The molecule has 0 aromatic heterocycles. The van der Waals surface area contributed by atoms with E-state index in [-0.39, 0.29) is 51.0 Å². The van der Waals surface area contributed by atoms with Crippen LogP contribution in [0, 0.1) is 0 Å². The van der Waals surface area contributed by atoms with Gasteiger partial charge < -0.3 is 14.4 Å². The number of phosphoric acid groups is 2. The molecule has 0 rings (SSSR count). The Bertz CT molecular complexity index is 434. The number of hydrogen-bond donors (Lipinski definition) is 0. The third kappa shape index (κ3) is 24.2. The van der Waals surface area contributed by atoms with E-state index in [9.17, 15) is 18.9 Å². The van der Waals surface area contributed by atoms with Gasteiger partial charge in [0.1, 0.15) is 0 Å². The molecule has 0 aliphatic carbocycles. The first-order valence-corrected chi connectivity index (χ1v) is 14.4. The molecule has 10 heteroatoms. The summed E-state index contributed by atoms with van der Waals surface area (Å²) in [7, 11) is -9.82. The van der Waals surface area contributed by atoms with E-state index in [0.717, 1.165) is 38.5 Å². The Morgan fingerprint density at radius 2 is 0.867 bits per heavy atom. The molecule has 0 fully saturated rings. The molecule has 0 spiro atoms. The van der Waals surface area contributed by atoms with Crippen LogP contribution in [0.15, 0.2) is 0 Å². The molecule has 7 nitrogen and oxygen atoms in total. The summed E-state index contributed by atoms with van der Waals surface area (Å²) < 4.78 is 37.5. The summed E-state index contributed by atoms with van der Waals surface area (Å²) in [5.41, 5.74) is 0.